The Kier molecular flexibility index (Phi) is 7.16. The van der Waals surface area contributed by atoms with Gasteiger partial charge in [-0.25, -0.2) is 9.97 Å². The Labute approximate surface area is 155 Å². The van der Waals surface area contributed by atoms with Crippen LogP contribution in [0.5, 0.6) is 0 Å². The number of nitrogens with one attached hydrogen (secondary N) is 2. The van der Waals surface area contributed by atoms with Crippen molar-refractivity contribution in [3.63, 3.8) is 0 Å². The SMILES string of the molecule is CC(C)c1nccc(C(=O)NC(C2CCNCC2)C2CC(O)C2)n1.Cl. The molecule has 2 heterocycles. The summed E-state index contributed by atoms with van der Waals surface area (Å²) < 4.78 is 0. The van der Waals surface area contributed by atoms with Crippen molar-refractivity contribution in [2.24, 2.45) is 11.8 Å². The first-order valence-electron chi connectivity index (χ1n) is 9.07. The van der Waals surface area contributed by atoms with Gasteiger partial charge in [0.1, 0.15) is 11.5 Å². The van der Waals surface area contributed by atoms with E-state index >= 15 is 0 Å². The number of piperidine rings is 1. The molecule has 2 aliphatic rings. The summed E-state index contributed by atoms with van der Waals surface area (Å²) in [5.41, 5.74) is 0.438. The number of halogens is 1. The molecule has 1 saturated heterocycles. The monoisotopic (exact) mass is 368 g/mol. The van der Waals surface area contributed by atoms with E-state index in [1.54, 1.807) is 12.3 Å². The highest BCUT2D eigenvalue weighted by molar-refractivity contribution is 5.92. The number of nitrogens with zero attached hydrogens (tertiary/aromatic N) is 2. The van der Waals surface area contributed by atoms with Gasteiger partial charge in [0.25, 0.3) is 5.91 Å². The van der Waals surface area contributed by atoms with Crippen LogP contribution in [0.3, 0.4) is 0 Å². The molecule has 140 valence electrons. The summed E-state index contributed by atoms with van der Waals surface area (Å²) in [7, 11) is 0. The lowest BCUT2D eigenvalue weighted by Gasteiger charge is -2.43. The first kappa shape index (κ1) is 20.1. The van der Waals surface area contributed by atoms with Crippen LogP contribution in [0.25, 0.3) is 0 Å². The van der Waals surface area contributed by atoms with Crippen molar-refractivity contribution in [1.29, 1.82) is 0 Å². The number of amides is 1. The molecule has 1 saturated carbocycles. The summed E-state index contributed by atoms with van der Waals surface area (Å²) in [5, 5.41) is 16.3. The minimum atomic E-state index is -0.206. The summed E-state index contributed by atoms with van der Waals surface area (Å²) in [5.74, 6) is 1.61. The molecule has 0 aromatic carbocycles. The van der Waals surface area contributed by atoms with E-state index in [1.165, 1.54) is 0 Å². The highest BCUT2D eigenvalue weighted by Crippen LogP contribution is 2.35. The fourth-order valence-corrected chi connectivity index (χ4v) is 3.75. The third-order valence-electron chi connectivity index (χ3n) is 5.27. The molecule has 2 fully saturated rings. The molecule has 25 heavy (non-hydrogen) atoms. The minimum absolute atomic E-state index is 0. The molecular weight excluding hydrogens is 340 g/mol. The third kappa shape index (κ3) is 4.90. The van der Waals surface area contributed by atoms with E-state index in [1.807, 2.05) is 13.8 Å². The first-order valence-corrected chi connectivity index (χ1v) is 9.07. The first-order chi connectivity index (χ1) is 11.5. The zero-order valence-electron chi connectivity index (χ0n) is 14.9. The van der Waals surface area contributed by atoms with E-state index in [0.29, 0.717) is 23.4 Å². The summed E-state index contributed by atoms with van der Waals surface area (Å²) in [6.07, 6.45) is 5.16. The normalized spacial score (nSPS) is 25.0. The molecule has 1 aromatic heterocycles. The van der Waals surface area contributed by atoms with Crippen LogP contribution in [0.2, 0.25) is 0 Å². The molecule has 3 rings (SSSR count). The molecule has 1 unspecified atom stereocenters. The fraction of sp³-hybridized carbons (Fsp3) is 0.722. The van der Waals surface area contributed by atoms with Crippen LogP contribution in [0, 0.1) is 11.8 Å². The van der Waals surface area contributed by atoms with Crippen molar-refractivity contribution >= 4 is 18.3 Å². The van der Waals surface area contributed by atoms with Crippen LogP contribution in [0.1, 0.15) is 61.8 Å². The molecule has 6 nitrogen and oxygen atoms in total. The average molecular weight is 369 g/mol. The Morgan fingerprint density at radius 2 is 1.96 bits per heavy atom. The molecule has 1 amide bonds. The second-order valence-electron chi connectivity index (χ2n) is 7.43. The Hall–Kier alpha value is -1.24. The van der Waals surface area contributed by atoms with Crippen molar-refractivity contribution in [3.05, 3.63) is 23.8 Å². The highest BCUT2D eigenvalue weighted by Gasteiger charge is 2.39. The van der Waals surface area contributed by atoms with Crippen LogP contribution in [-0.2, 0) is 0 Å². The second kappa shape index (κ2) is 8.92. The molecule has 0 spiro atoms. The summed E-state index contributed by atoms with van der Waals surface area (Å²) in [6, 6.07) is 1.80. The Bertz CT molecular complexity index is 572. The van der Waals surface area contributed by atoms with E-state index in [2.05, 4.69) is 20.6 Å². The minimum Gasteiger partial charge on any atom is -0.393 e. The molecule has 7 heteroatoms. The van der Waals surface area contributed by atoms with Crippen molar-refractivity contribution < 1.29 is 9.90 Å². The maximum atomic E-state index is 12.7. The standard InChI is InChI=1S/C18H28N4O2.ClH/c1-11(2)17-20-8-5-15(21-17)18(24)22-16(13-9-14(23)10-13)12-3-6-19-7-4-12;/h5,8,11-14,16,19,23H,3-4,6-7,9-10H2,1-2H3,(H,22,24);1H. The van der Waals surface area contributed by atoms with Crippen LogP contribution >= 0.6 is 12.4 Å². The molecule has 1 aromatic rings. The number of rotatable bonds is 5. The Morgan fingerprint density at radius 3 is 2.56 bits per heavy atom. The molecule has 1 aliphatic carbocycles. The van der Waals surface area contributed by atoms with Crippen molar-refractivity contribution in [2.45, 2.75) is 57.6 Å². The zero-order valence-corrected chi connectivity index (χ0v) is 15.8. The van der Waals surface area contributed by atoms with Gasteiger partial charge >= 0.3 is 0 Å². The van der Waals surface area contributed by atoms with E-state index in [-0.39, 0.29) is 36.4 Å². The molecule has 0 radical (unpaired) electrons. The molecule has 3 N–H and O–H groups in total. The largest absolute Gasteiger partial charge is 0.393 e. The molecule has 0 bridgehead atoms. The average Bonchev–Trinajstić information content (AvgIpc) is 2.58. The summed E-state index contributed by atoms with van der Waals surface area (Å²) >= 11 is 0. The lowest BCUT2D eigenvalue weighted by atomic mass is 9.71. The fourth-order valence-electron chi connectivity index (χ4n) is 3.75. The van der Waals surface area contributed by atoms with Gasteiger partial charge in [0, 0.05) is 18.2 Å². The lowest BCUT2D eigenvalue weighted by molar-refractivity contribution is 0.00912. The van der Waals surface area contributed by atoms with E-state index in [4.69, 9.17) is 0 Å². The topological polar surface area (TPSA) is 87.1 Å². The molecular formula is C18H29ClN4O2. The van der Waals surface area contributed by atoms with Crippen molar-refractivity contribution in [1.82, 2.24) is 20.6 Å². The number of carbonyl (C=O) groups excluding carboxylic acids is 1. The van der Waals surface area contributed by atoms with E-state index in [0.717, 1.165) is 38.8 Å². The quantitative estimate of drug-likeness (QED) is 0.738. The van der Waals surface area contributed by atoms with E-state index in [9.17, 15) is 9.90 Å². The van der Waals surface area contributed by atoms with Crippen molar-refractivity contribution in [3.8, 4) is 0 Å². The molecule has 1 aliphatic heterocycles. The van der Waals surface area contributed by atoms with Gasteiger partial charge < -0.3 is 15.7 Å². The Balaban J connectivity index is 0.00000225. The summed E-state index contributed by atoms with van der Waals surface area (Å²) in [4.78, 5) is 21.4. The maximum Gasteiger partial charge on any atom is 0.270 e. The number of hydrogen-bond donors (Lipinski definition) is 3. The van der Waals surface area contributed by atoms with Gasteiger partial charge in [0.2, 0.25) is 0 Å². The second-order valence-corrected chi connectivity index (χ2v) is 7.43. The zero-order chi connectivity index (χ0) is 17.1. The highest BCUT2D eigenvalue weighted by atomic mass is 35.5. The predicted molar refractivity (Wildman–Crippen MR) is 98.9 cm³/mol. The molecule has 1 atom stereocenters. The van der Waals surface area contributed by atoms with Gasteiger partial charge in [-0.05, 0) is 56.7 Å². The Morgan fingerprint density at radius 1 is 1.28 bits per heavy atom. The number of aliphatic hydroxyl groups excluding tert-OH is 1. The van der Waals surface area contributed by atoms with Crippen molar-refractivity contribution in [2.75, 3.05) is 13.1 Å². The number of carbonyl (C=O) groups is 1. The van der Waals surface area contributed by atoms with Crippen LogP contribution < -0.4 is 10.6 Å². The van der Waals surface area contributed by atoms with Gasteiger partial charge in [-0.2, -0.15) is 0 Å². The predicted octanol–water partition coefficient (Wildman–Crippen LogP) is 1.89. The van der Waals surface area contributed by atoms with Gasteiger partial charge in [-0.15, -0.1) is 12.4 Å². The number of aromatic nitrogens is 2. The smallest absolute Gasteiger partial charge is 0.270 e. The van der Waals surface area contributed by atoms with Gasteiger partial charge in [-0.1, -0.05) is 13.8 Å². The third-order valence-corrected chi connectivity index (χ3v) is 5.27. The van der Waals surface area contributed by atoms with Gasteiger partial charge in [0.15, 0.2) is 0 Å². The number of aliphatic hydroxyl groups is 1. The number of hydrogen-bond acceptors (Lipinski definition) is 5. The van der Waals surface area contributed by atoms with Crippen LogP contribution in [0.15, 0.2) is 12.3 Å². The van der Waals surface area contributed by atoms with E-state index < -0.39 is 0 Å². The van der Waals surface area contributed by atoms with Gasteiger partial charge in [-0.3, -0.25) is 4.79 Å². The lowest BCUT2D eigenvalue weighted by Crippen LogP contribution is -2.53. The summed E-state index contributed by atoms with van der Waals surface area (Å²) in [6.45, 7) is 6.03. The van der Waals surface area contributed by atoms with Crippen LogP contribution in [0.4, 0.5) is 0 Å². The van der Waals surface area contributed by atoms with Gasteiger partial charge in [0.05, 0.1) is 6.10 Å². The maximum absolute atomic E-state index is 12.7. The van der Waals surface area contributed by atoms with Crippen LogP contribution in [-0.4, -0.2) is 46.2 Å².